The summed E-state index contributed by atoms with van der Waals surface area (Å²) < 4.78 is 5.36. The summed E-state index contributed by atoms with van der Waals surface area (Å²) in [7, 11) is 1.65. The molecule has 35 heavy (non-hydrogen) atoms. The number of pyridine rings is 1. The predicted octanol–water partition coefficient (Wildman–Crippen LogP) is 3.96. The number of β-amino-alcohol motifs (C(OH)–C–C–N with tert-alkyl or cyclic N) is 1. The zero-order chi connectivity index (χ0) is 24.4. The molecule has 1 saturated heterocycles. The van der Waals surface area contributed by atoms with E-state index < -0.39 is 6.10 Å². The fourth-order valence-corrected chi connectivity index (χ4v) is 5.79. The molecular weight excluding hydrogens is 460 g/mol. The molecule has 0 saturated carbocycles. The van der Waals surface area contributed by atoms with Gasteiger partial charge in [-0.05, 0) is 80.4 Å². The number of aliphatic hydroxyl groups is 1. The molecule has 0 radical (unpaired) electrons. The van der Waals surface area contributed by atoms with Gasteiger partial charge in [0.2, 0.25) is 5.91 Å². The van der Waals surface area contributed by atoms with Crippen molar-refractivity contribution >= 4 is 34.3 Å². The number of fused-ring (bicyclic) bond motifs is 2. The molecule has 3 heterocycles. The van der Waals surface area contributed by atoms with Crippen molar-refractivity contribution in [2.24, 2.45) is 0 Å². The molecule has 1 amide bonds. The van der Waals surface area contributed by atoms with E-state index in [1.807, 2.05) is 31.2 Å². The van der Waals surface area contributed by atoms with Gasteiger partial charge in [0, 0.05) is 35.6 Å². The molecule has 3 N–H and O–H groups in total. The van der Waals surface area contributed by atoms with E-state index in [2.05, 4.69) is 38.7 Å². The van der Waals surface area contributed by atoms with Crippen molar-refractivity contribution in [3.05, 3.63) is 59.8 Å². The Morgan fingerprint density at radius 2 is 2.06 bits per heavy atom. The molecule has 0 unspecified atom stereocenters. The minimum atomic E-state index is -0.580. The number of nitrogens with one attached hydrogen (secondary N) is 2. The van der Waals surface area contributed by atoms with Crippen LogP contribution in [-0.2, 0) is 11.3 Å². The van der Waals surface area contributed by atoms with Gasteiger partial charge in [-0.1, -0.05) is 6.07 Å². The summed E-state index contributed by atoms with van der Waals surface area (Å²) in [5.41, 5.74) is 3.85. The Balaban J connectivity index is 1.13. The Kier molecular flexibility index (Phi) is 7.24. The first kappa shape index (κ1) is 24.1. The van der Waals surface area contributed by atoms with Gasteiger partial charge in [-0.2, -0.15) is 0 Å². The van der Waals surface area contributed by atoms with E-state index in [9.17, 15) is 9.90 Å². The Bertz CT molecular complexity index is 1210. The molecule has 2 aliphatic rings. The number of carbonyl (C=O) groups is 1. The number of ether oxygens (including phenoxy) is 1. The number of hydrogen-bond acceptors (Lipinski definition) is 7. The number of hydrogen-bond donors (Lipinski definition) is 3. The lowest BCUT2D eigenvalue weighted by Crippen LogP contribution is -2.43. The predicted molar refractivity (Wildman–Crippen MR) is 140 cm³/mol. The van der Waals surface area contributed by atoms with Crippen molar-refractivity contribution in [1.29, 1.82) is 0 Å². The molecule has 0 spiro atoms. The number of aromatic nitrogens is 1. The van der Waals surface area contributed by atoms with Crippen LogP contribution in [0.1, 0.15) is 37.0 Å². The number of nitrogens with zero attached hydrogens (tertiary/aromatic N) is 2. The highest BCUT2D eigenvalue weighted by Crippen LogP contribution is 2.36. The van der Waals surface area contributed by atoms with Crippen molar-refractivity contribution < 1.29 is 14.6 Å². The van der Waals surface area contributed by atoms with Crippen LogP contribution in [0.5, 0.6) is 5.75 Å². The lowest BCUT2D eigenvalue weighted by atomic mass is 10.0. The maximum Gasteiger partial charge on any atom is 0.237 e. The zero-order valence-electron chi connectivity index (χ0n) is 20.2. The Hall–Kier alpha value is -2.65. The average Bonchev–Trinajstić information content (AvgIpc) is 2.88. The van der Waals surface area contributed by atoms with E-state index in [0.29, 0.717) is 12.6 Å². The average molecular weight is 493 g/mol. The molecule has 2 atom stereocenters. The van der Waals surface area contributed by atoms with Crippen LogP contribution in [0, 0.1) is 0 Å². The number of rotatable bonds is 7. The summed E-state index contributed by atoms with van der Waals surface area (Å²) in [5.74, 6) is 0.835. The topological polar surface area (TPSA) is 86.7 Å². The van der Waals surface area contributed by atoms with E-state index in [0.717, 1.165) is 65.3 Å². The third kappa shape index (κ3) is 5.46. The van der Waals surface area contributed by atoms with Crippen LogP contribution in [0.15, 0.2) is 53.6 Å². The number of amides is 1. The maximum atomic E-state index is 12.0. The second kappa shape index (κ2) is 10.5. The number of anilines is 1. The number of methoxy groups -OCH3 is 1. The van der Waals surface area contributed by atoms with Crippen LogP contribution in [0.2, 0.25) is 0 Å². The molecule has 1 fully saturated rings. The first-order chi connectivity index (χ1) is 17.0. The van der Waals surface area contributed by atoms with E-state index in [1.54, 1.807) is 25.1 Å². The molecule has 0 bridgehead atoms. The smallest absolute Gasteiger partial charge is 0.237 e. The SMILES string of the molecule is COc1ccc2nccc([C@@H](O)CN3CCC(NCc4ccc5c(c4)NC(=O)[C@@H](C)S5)CC3)c2c1. The molecule has 5 rings (SSSR count). The van der Waals surface area contributed by atoms with Gasteiger partial charge in [-0.25, -0.2) is 0 Å². The van der Waals surface area contributed by atoms with Crippen molar-refractivity contribution in [2.45, 2.75) is 48.6 Å². The fourth-order valence-electron chi connectivity index (χ4n) is 4.85. The van der Waals surface area contributed by atoms with Gasteiger partial charge in [0.15, 0.2) is 0 Å². The lowest BCUT2D eigenvalue weighted by molar-refractivity contribution is -0.115. The fraction of sp³-hybridized carbons (Fsp3) is 0.407. The van der Waals surface area contributed by atoms with Crippen LogP contribution < -0.4 is 15.4 Å². The standard InChI is InChI=1S/C27H32N4O3S/c1-17-27(33)30-24-13-18(3-6-26(24)35-17)15-29-19-8-11-31(12-9-19)16-25(32)21-7-10-28-23-5-4-20(34-2)14-22(21)23/h3-7,10,13-14,17,19,25,29,32H,8-9,11-12,15-16H2,1-2H3,(H,30,33)/t17-,25+/m1/s1. The third-order valence-corrected chi connectivity index (χ3v) is 8.11. The molecule has 7 nitrogen and oxygen atoms in total. The summed E-state index contributed by atoms with van der Waals surface area (Å²) in [6, 6.07) is 14.4. The summed E-state index contributed by atoms with van der Waals surface area (Å²) in [5, 5.41) is 18.6. The van der Waals surface area contributed by atoms with Crippen LogP contribution in [0.3, 0.4) is 0 Å². The summed E-state index contributed by atoms with van der Waals surface area (Å²) in [4.78, 5) is 19.9. The van der Waals surface area contributed by atoms with Gasteiger partial charge in [-0.3, -0.25) is 9.78 Å². The number of likely N-dealkylation sites (tertiary alicyclic amines) is 1. The first-order valence-corrected chi connectivity index (χ1v) is 13.0. The number of benzene rings is 2. The van der Waals surface area contributed by atoms with Crippen molar-refractivity contribution in [1.82, 2.24) is 15.2 Å². The van der Waals surface area contributed by atoms with Crippen LogP contribution in [-0.4, -0.2) is 58.9 Å². The largest absolute Gasteiger partial charge is 0.497 e. The Labute approximate surface area is 210 Å². The first-order valence-electron chi connectivity index (χ1n) is 12.2. The van der Waals surface area contributed by atoms with Gasteiger partial charge in [-0.15, -0.1) is 11.8 Å². The molecule has 1 aromatic heterocycles. The second-order valence-electron chi connectivity index (χ2n) is 9.33. The molecule has 3 aromatic rings. The zero-order valence-corrected chi connectivity index (χ0v) is 21.0. The van der Waals surface area contributed by atoms with Crippen molar-refractivity contribution in [2.75, 3.05) is 32.1 Å². The second-order valence-corrected chi connectivity index (χ2v) is 10.7. The summed E-state index contributed by atoms with van der Waals surface area (Å²) in [6.45, 7) is 5.19. The van der Waals surface area contributed by atoms with Gasteiger partial charge >= 0.3 is 0 Å². The normalized spacial score (nSPS) is 19.9. The highest BCUT2D eigenvalue weighted by Gasteiger charge is 2.24. The highest BCUT2D eigenvalue weighted by atomic mass is 32.2. The molecule has 2 aliphatic heterocycles. The molecule has 184 valence electrons. The molecule has 0 aliphatic carbocycles. The highest BCUT2D eigenvalue weighted by molar-refractivity contribution is 8.00. The third-order valence-electron chi connectivity index (χ3n) is 6.93. The van der Waals surface area contributed by atoms with E-state index in [4.69, 9.17) is 4.74 Å². The van der Waals surface area contributed by atoms with Crippen molar-refractivity contribution in [3.63, 3.8) is 0 Å². The van der Waals surface area contributed by atoms with Gasteiger partial charge < -0.3 is 25.4 Å². The summed E-state index contributed by atoms with van der Waals surface area (Å²) >= 11 is 1.61. The molecule has 8 heteroatoms. The number of aliphatic hydroxyl groups excluding tert-OH is 1. The monoisotopic (exact) mass is 492 g/mol. The van der Waals surface area contributed by atoms with E-state index in [1.165, 1.54) is 5.56 Å². The minimum absolute atomic E-state index is 0.0460. The lowest BCUT2D eigenvalue weighted by Gasteiger charge is -2.34. The van der Waals surface area contributed by atoms with Crippen LogP contribution >= 0.6 is 11.8 Å². The number of piperidine rings is 1. The number of thioether (sulfide) groups is 1. The van der Waals surface area contributed by atoms with Crippen LogP contribution in [0.4, 0.5) is 5.69 Å². The van der Waals surface area contributed by atoms with Gasteiger partial charge in [0.1, 0.15) is 5.75 Å². The maximum absolute atomic E-state index is 12.0. The molecule has 2 aromatic carbocycles. The Morgan fingerprint density at radius 1 is 1.23 bits per heavy atom. The summed E-state index contributed by atoms with van der Waals surface area (Å²) in [6.07, 6.45) is 3.25. The van der Waals surface area contributed by atoms with Gasteiger partial charge in [0.25, 0.3) is 0 Å². The minimum Gasteiger partial charge on any atom is -0.497 e. The van der Waals surface area contributed by atoms with Crippen molar-refractivity contribution in [3.8, 4) is 5.75 Å². The molecular formula is C27H32N4O3S. The van der Waals surface area contributed by atoms with Crippen LogP contribution in [0.25, 0.3) is 10.9 Å². The Morgan fingerprint density at radius 3 is 2.86 bits per heavy atom. The van der Waals surface area contributed by atoms with Gasteiger partial charge in [0.05, 0.1) is 29.7 Å². The quantitative estimate of drug-likeness (QED) is 0.460. The van der Waals surface area contributed by atoms with E-state index in [-0.39, 0.29) is 11.2 Å². The number of carbonyl (C=O) groups excluding carboxylic acids is 1. The van der Waals surface area contributed by atoms with E-state index >= 15 is 0 Å².